The molecule has 2 amide bonds. The number of nitrogens with zero attached hydrogens (tertiary/aromatic N) is 3. The van der Waals surface area contributed by atoms with Crippen LogP contribution in [0.1, 0.15) is 41.4 Å². The quantitative estimate of drug-likeness (QED) is 0.868. The van der Waals surface area contributed by atoms with Gasteiger partial charge in [-0.25, -0.2) is 0 Å². The van der Waals surface area contributed by atoms with E-state index in [1.54, 1.807) is 12.3 Å². The topological polar surface area (TPSA) is 65.5 Å². The van der Waals surface area contributed by atoms with Crippen LogP contribution in [-0.4, -0.2) is 46.9 Å². The largest absolute Gasteiger partial charge is 0.358 e. The maximum atomic E-state index is 13.0. The Morgan fingerprint density at radius 3 is 2.79 bits per heavy atom. The van der Waals surface area contributed by atoms with Crippen molar-refractivity contribution in [2.45, 2.75) is 45.3 Å². The number of benzene rings is 1. The monoisotopic (exact) mass is 378 g/mol. The van der Waals surface area contributed by atoms with E-state index in [4.69, 9.17) is 0 Å². The number of carbonyl (C=O) groups excluding carboxylic acids is 2. The minimum Gasteiger partial charge on any atom is -0.358 e. The molecule has 1 N–H and O–H groups in total. The first-order chi connectivity index (χ1) is 13.5. The molecule has 146 valence electrons. The number of aryl methyl sites for hydroxylation is 1. The molecule has 4 rings (SSSR count). The number of pyridine rings is 1. The third-order valence-corrected chi connectivity index (χ3v) is 5.42. The Hall–Kier alpha value is -2.89. The summed E-state index contributed by atoms with van der Waals surface area (Å²) in [4.78, 5) is 33.4. The van der Waals surface area contributed by atoms with Crippen LogP contribution in [0.3, 0.4) is 0 Å². The molecule has 0 spiro atoms. The van der Waals surface area contributed by atoms with Crippen molar-refractivity contribution in [2.24, 2.45) is 0 Å². The predicted octanol–water partition coefficient (Wildman–Crippen LogP) is 2.52. The number of piperazine rings is 1. The van der Waals surface area contributed by atoms with Crippen molar-refractivity contribution in [3.05, 3.63) is 59.4 Å². The molecule has 2 aliphatic rings. The Balaban J connectivity index is 1.45. The van der Waals surface area contributed by atoms with E-state index in [2.05, 4.69) is 40.3 Å². The van der Waals surface area contributed by atoms with Gasteiger partial charge in [-0.1, -0.05) is 29.8 Å². The highest BCUT2D eigenvalue weighted by Crippen LogP contribution is 2.24. The highest BCUT2D eigenvalue weighted by atomic mass is 16.2. The van der Waals surface area contributed by atoms with Gasteiger partial charge in [0.25, 0.3) is 5.91 Å². The predicted molar refractivity (Wildman–Crippen MR) is 108 cm³/mol. The van der Waals surface area contributed by atoms with Crippen LogP contribution in [-0.2, 0) is 11.3 Å². The summed E-state index contributed by atoms with van der Waals surface area (Å²) in [6, 6.07) is 11.9. The molecule has 6 nitrogen and oxygen atoms in total. The summed E-state index contributed by atoms with van der Waals surface area (Å²) >= 11 is 0. The van der Waals surface area contributed by atoms with E-state index < -0.39 is 0 Å². The lowest BCUT2D eigenvalue weighted by Crippen LogP contribution is -2.55. The zero-order valence-corrected chi connectivity index (χ0v) is 16.4. The van der Waals surface area contributed by atoms with E-state index >= 15 is 0 Å². The van der Waals surface area contributed by atoms with Crippen molar-refractivity contribution in [1.82, 2.24) is 15.2 Å². The second-order valence-electron chi connectivity index (χ2n) is 7.77. The van der Waals surface area contributed by atoms with Crippen LogP contribution in [0.2, 0.25) is 0 Å². The molecule has 1 atom stereocenters. The maximum absolute atomic E-state index is 13.0. The van der Waals surface area contributed by atoms with Crippen LogP contribution in [0.15, 0.2) is 42.6 Å². The molecule has 0 bridgehead atoms. The molecule has 0 unspecified atom stereocenters. The first-order valence-electron chi connectivity index (χ1n) is 9.89. The lowest BCUT2D eigenvalue weighted by molar-refractivity contribution is -0.134. The van der Waals surface area contributed by atoms with Gasteiger partial charge in [0.1, 0.15) is 11.7 Å². The molecular weight excluding hydrogens is 352 g/mol. The highest BCUT2D eigenvalue weighted by Gasteiger charge is 2.32. The minimum absolute atomic E-state index is 0.105. The molecule has 1 aromatic carbocycles. The Kier molecular flexibility index (Phi) is 5.03. The molecule has 2 aromatic rings. The van der Waals surface area contributed by atoms with Crippen LogP contribution >= 0.6 is 0 Å². The van der Waals surface area contributed by atoms with E-state index in [9.17, 15) is 9.59 Å². The van der Waals surface area contributed by atoms with Crippen molar-refractivity contribution >= 4 is 17.5 Å². The van der Waals surface area contributed by atoms with Crippen molar-refractivity contribution in [2.75, 3.05) is 18.0 Å². The van der Waals surface area contributed by atoms with Crippen LogP contribution in [0.5, 0.6) is 0 Å². The zero-order chi connectivity index (χ0) is 19.7. The fourth-order valence-corrected chi connectivity index (χ4v) is 3.68. The molecular formula is C22H26N4O2. The van der Waals surface area contributed by atoms with Crippen molar-refractivity contribution in [3.63, 3.8) is 0 Å². The standard InChI is InChI=1S/C22H26N4O2/c1-15-4-3-5-17(12-15)14-25-10-11-26(16(2)22(25)28)19-8-9-23-20(13-19)21(27)24-18-6-7-18/h3-5,8-9,12-13,16,18H,6-7,10-11,14H2,1-2H3,(H,24,27)/t16-/m1/s1. The number of aromatic nitrogens is 1. The van der Waals surface area contributed by atoms with Crippen molar-refractivity contribution < 1.29 is 9.59 Å². The SMILES string of the molecule is Cc1cccc(CN2CCN(c3ccnc(C(=O)NC4CC4)c3)[C@H](C)C2=O)c1. The van der Waals surface area contributed by atoms with Gasteiger partial charge in [-0.05, 0) is 44.4 Å². The van der Waals surface area contributed by atoms with E-state index in [1.807, 2.05) is 24.0 Å². The van der Waals surface area contributed by atoms with Gasteiger partial charge in [0, 0.05) is 37.6 Å². The number of anilines is 1. The van der Waals surface area contributed by atoms with Gasteiger partial charge in [0.05, 0.1) is 0 Å². The zero-order valence-electron chi connectivity index (χ0n) is 16.4. The minimum atomic E-state index is -0.277. The van der Waals surface area contributed by atoms with E-state index in [0.29, 0.717) is 24.8 Å². The second-order valence-corrected chi connectivity index (χ2v) is 7.77. The number of hydrogen-bond acceptors (Lipinski definition) is 4. The molecule has 1 saturated carbocycles. The summed E-state index contributed by atoms with van der Waals surface area (Å²) in [5.41, 5.74) is 3.63. The lowest BCUT2D eigenvalue weighted by atomic mass is 10.1. The van der Waals surface area contributed by atoms with Gasteiger partial charge in [0.2, 0.25) is 5.91 Å². The van der Waals surface area contributed by atoms with Gasteiger partial charge in [-0.3, -0.25) is 14.6 Å². The third-order valence-electron chi connectivity index (χ3n) is 5.42. The van der Waals surface area contributed by atoms with Crippen LogP contribution < -0.4 is 10.2 Å². The summed E-state index contributed by atoms with van der Waals surface area (Å²) in [5, 5.41) is 2.96. The fraction of sp³-hybridized carbons (Fsp3) is 0.409. The number of hydrogen-bond donors (Lipinski definition) is 1. The molecule has 6 heteroatoms. The van der Waals surface area contributed by atoms with Gasteiger partial charge in [-0.2, -0.15) is 0 Å². The van der Waals surface area contributed by atoms with Crippen molar-refractivity contribution in [1.29, 1.82) is 0 Å². The average Bonchev–Trinajstić information content (AvgIpc) is 3.50. The highest BCUT2D eigenvalue weighted by molar-refractivity contribution is 5.94. The number of nitrogens with one attached hydrogen (secondary N) is 1. The number of rotatable bonds is 5. The Morgan fingerprint density at radius 2 is 2.04 bits per heavy atom. The Labute approximate surface area is 165 Å². The molecule has 1 aromatic heterocycles. The first kappa shape index (κ1) is 18.5. The first-order valence-corrected chi connectivity index (χ1v) is 9.89. The summed E-state index contributed by atoms with van der Waals surface area (Å²) in [6.45, 7) is 6.00. The molecule has 2 heterocycles. The lowest BCUT2D eigenvalue weighted by Gasteiger charge is -2.40. The average molecular weight is 378 g/mol. The van der Waals surface area contributed by atoms with Crippen LogP contribution in [0.4, 0.5) is 5.69 Å². The van der Waals surface area contributed by atoms with Gasteiger partial charge < -0.3 is 15.1 Å². The summed E-state index contributed by atoms with van der Waals surface area (Å²) < 4.78 is 0. The van der Waals surface area contributed by atoms with Crippen LogP contribution in [0, 0.1) is 6.92 Å². The Morgan fingerprint density at radius 1 is 1.21 bits per heavy atom. The van der Waals surface area contributed by atoms with Crippen LogP contribution in [0.25, 0.3) is 0 Å². The van der Waals surface area contributed by atoms with E-state index in [0.717, 1.165) is 30.6 Å². The van der Waals surface area contributed by atoms with Gasteiger partial charge in [-0.15, -0.1) is 0 Å². The van der Waals surface area contributed by atoms with Crippen molar-refractivity contribution in [3.8, 4) is 0 Å². The molecule has 1 saturated heterocycles. The third kappa shape index (κ3) is 4.01. The molecule has 1 aliphatic heterocycles. The summed E-state index contributed by atoms with van der Waals surface area (Å²) in [6.07, 6.45) is 3.73. The number of amides is 2. The fourth-order valence-electron chi connectivity index (χ4n) is 3.68. The summed E-state index contributed by atoms with van der Waals surface area (Å²) in [5.74, 6) is -0.0324. The second kappa shape index (κ2) is 7.62. The van der Waals surface area contributed by atoms with Gasteiger partial charge in [0.15, 0.2) is 0 Å². The normalized spacial score (nSPS) is 19.6. The smallest absolute Gasteiger partial charge is 0.270 e. The maximum Gasteiger partial charge on any atom is 0.270 e. The number of carbonyl (C=O) groups is 2. The molecule has 2 fully saturated rings. The van der Waals surface area contributed by atoms with Gasteiger partial charge >= 0.3 is 0 Å². The molecule has 28 heavy (non-hydrogen) atoms. The molecule has 0 radical (unpaired) electrons. The van der Waals surface area contributed by atoms with E-state index in [1.165, 1.54) is 5.56 Å². The van der Waals surface area contributed by atoms with E-state index in [-0.39, 0.29) is 17.9 Å². The Bertz CT molecular complexity index is 894. The summed E-state index contributed by atoms with van der Waals surface area (Å²) in [7, 11) is 0. The molecule has 1 aliphatic carbocycles.